The Morgan fingerprint density at radius 3 is 2.35 bits per heavy atom. The van der Waals surface area contributed by atoms with Crippen molar-refractivity contribution in [3.8, 4) is 0 Å². The molecule has 3 nitrogen and oxygen atoms in total. The molecule has 0 aliphatic heterocycles. The maximum absolute atomic E-state index is 12.6. The van der Waals surface area contributed by atoms with Crippen LogP contribution in [-0.4, -0.2) is 36.0 Å². The number of nitrogens with two attached hydrogens (primary N) is 1. The van der Waals surface area contributed by atoms with Crippen molar-refractivity contribution in [2.45, 2.75) is 31.0 Å². The quantitative estimate of drug-likeness (QED) is 0.623. The van der Waals surface area contributed by atoms with Gasteiger partial charge in [0.15, 0.2) is 0 Å². The molecule has 1 saturated carbocycles. The Kier molecular flexibility index (Phi) is 4.32. The molecule has 1 aromatic rings. The van der Waals surface area contributed by atoms with E-state index in [1.54, 1.807) is 24.3 Å². The predicted octanol–water partition coefficient (Wildman–Crippen LogP) is 2.73. The number of halogens is 3. The maximum atomic E-state index is 12.6. The lowest BCUT2D eigenvalue weighted by molar-refractivity contribution is -0.147. The predicted molar refractivity (Wildman–Crippen MR) is 71.7 cm³/mol. The fourth-order valence-electron chi connectivity index (χ4n) is 2.32. The number of hydrogen-bond acceptors (Lipinski definition) is 2. The molecule has 0 bridgehead atoms. The highest BCUT2D eigenvalue weighted by Gasteiger charge is 2.39. The fraction of sp³-hybridized carbons (Fsp3) is 0.500. The SMILES string of the molecule is N=C(N)C(CN(CC(F)(F)F)C1CC1)c1ccccc1. The Morgan fingerprint density at radius 2 is 1.90 bits per heavy atom. The number of amidine groups is 1. The van der Waals surface area contributed by atoms with Gasteiger partial charge in [-0.2, -0.15) is 13.2 Å². The minimum Gasteiger partial charge on any atom is -0.387 e. The molecule has 0 saturated heterocycles. The van der Waals surface area contributed by atoms with Crippen molar-refractivity contribution < 1.29 is 13.2 Å². The van der Waals surface area contributed by atoms with E-state index in [9.17, 15) is 13.2 Å². The first-order chi connectivity index (χ1) is 9.37. The average molecular weight is 285 g/mol. The van der Waals surface area contributed by atoms with Crippen LogP contribution in [0.25, 0.3) is 0 Å². The molecule has 0 amide bonds. The summed E-state index contributed by atoms with van der Waals surface area (Å²) in [4.78, 5) is 1.40. The zero-order valence-corrected chi connectivity index (χ0v) is 11.0. The van der Waals surface area contributed by atoms with Crippen molar-refractivity contribution in [1.82, 2.24) is 4.90 Å². The molecule has 2 rings (SSSR count). The summed E-state index contributed by atoms with van der Waals surface area (Å²) < 4.78 is 37.9. The molecule has 0 spiro atoms. The lowest BCUT2D eigenvalue weighted by Gasteiger charge is -2.28. The maximum Gasteiger partial charge on any atom is 0.401 e. The van der Waals surface area contributed by atoms with Crippen molar-refractivity contribution in [2.24, 2.45) is 5.73 Å². The summed E-state index contributed by atoms with van der Waals surface area (Å²) in [6.45, 7) is -0.794. The summed E-state index contributed by atoms with van der Waals surface area (Å²) in [6.07, 6.45) is -2.65. The van der Waals surface area contributed by atoms with Crippen LogP contribution >= 0.6 is 0 Å². The van der Waals surface area contributed by atoms with Crippen molar-refractivity contribution >= 4 is 5.84 Å². The van der Waals surface area contributed by atoms with E-state index >= 15 is 0 Å². The van der Waals surface area contributed by atoms with Crippen LogP contribution in [0.15, 0.2) is 30.3 Å². The topological polar surface area (TPSA) is 53.1 Å². The molecule has 1 aromatic carbocycles. The van der Waals surface area contributed by atoms with Gasteiger partial charge in [-0.3, -0.25) is 10.3 Å². The summed E-state index contributed by atoms with van der Waals surface area (Å²) in [5, 5.41) is 7.64. The second-order valence-electron chi connectivity index (χ2n) is 5.19. The van der Waals surface area contributed by atoms with Gasteiger partial charge in [-0.1, -0.05) is 30.3 Å². The highest BCUT2D eigenvalue weighted by atomic mass is 19.4. The molecule has 20 heavy (non-hydrogen) atoms. The summed E-state index contributed by atoms with van der Waals surface area (Å²) in [5.74, 6) is -0.580. The van der Waals surface area contributed by atoms with Crippen LogP contribution in [0.4, 0.5) is 13.2 Å². The molecule has 1 atom stereocenters. The van der Waals surface area contributed by atoms with Crippen LogP contribution in [0.5, 0.6) is 0 Å². The minimum atomic E-state index is -4.22. The van der Waals surface area contributed by atoms with Gasteiger partial charge in [-0.05, 0) is 18.4 Å². The van der Waals surface area contributed by atoms with E-state index in [1.165, 1.54) is 4.90 Å². The normalized spacial score (nSPS) is 17.2. The van der Waals surface area contributed by atoms with E-state index in [0.29, 0.717) is 0 Å². The second-order valence-corrected chi connectivity index (χ2v) is 5.19. The van der Waals surface area contributed by atoms with Crippen LogP contribution in [-0.2, 0) is 0 Å². The highest BCUT2D eigenvalue weighted by Crippen LogP contribution is 2.32. The first-order valence-corrected chi connectivity index (χ1v) is 6.56. The van der Waals surface area contributed by atoms with Crippen LogP contribution in [0, 0.1) is 5.41 Å². The second kappa shape index (κ2) is 5.83. The van der Waals surface area contributed by atoms with Crippen LogP contribution in [0.2, 0.25) is 0 Å². The molecular formula is C14H18F3N3. The van der Waals surface area contributed by atoms with Crippen LogP contribution in [0.1, 0.15) is 24.3 Å². The van der Waals surface area contributed by atoms with Gasteiger partial charge in [-0.25, -0.2) is 0 Å². The number of nitrogens with one attached hydrogen (secondary N) is 1. The van der Waals surface area contributed by atoms with Crippen molar-refractivity contribution in [1.29, 1.82) is 5.41 Å². The molecule has 0 heterocycles. The monoisotopic (exact) mass is 285 g/mol. The van der Waals surface area contributed by atoms with E-state index in [1.807, 2.05) is 6.07 Å². The first-order valence-electron chi connectivity index (χ1n) is 6.56. The van der Waals surface area contributed by atoms with E-state index in [2.05, 4.69) is 0 Å². The van der Waals surface area contributed by atoms with Gasteiger partial charge in [0.1, 0.15) is 0 Å². The fourth-order valence-corrected chi connectivity index (χ4v) is 2.32. The lowest BCUT2D eigenvalue weighted by Crippen LogP contribution is -2.41. The van der Waals surface area contributed by atoms with E-state index in [4.69, 9.17) is 11.1 Å². The zero-order valence-electron chi connectivity index (χ0n) is 11.0. The van der Waals surface area contributed by atoms with E-state index < -0.39 is 18.6 Å². The third-order valence-electron chi connectivity index (χ3n) is 3.44. The number of benzene rings is 1. The summed E-state index contributed by atoms with van der Waals surface area (Å²) in [5.41, 5.74) is 6.36. The number of hydrogen-bond donors (Lipinski definition) is 2. The Labute approximate surface area is 116 Å². The number of alkyl halides is 3. The van der Waals surface area contributed by atoms with Gasteiger partial charge in [-0.15, -0.1) is 0 Å². The number of nitrogens with zero attached hydrogens (tertiary/aromatic N) is 1. The Morgan fingerprint density at radius 1 is 1.30 bits per heavy atom. The number of rotatable bonds is 6. The molecular weight excluding hydrogens is 267 g/mol. The minimum absolute atomic E-state index is 0.0258. The molecule has 1 unspecified atom stereocenters. The van der Waals surface area contributed by atoms with Gasteiger partial charge in [0, 0.05) is 12.6 Å². The third kappa shape index (κ3) is 4.23. The molecule has 1 aliphatic rings. The molecule has 0 radical (unpaired) electrons. The molecule has 1 aliphatic carbocycles. The smallest absolute Gasteiger partial charge is 0.387 e. The summed E-state index contributed by atoms with van der Waals surface area (Å²) in [6, 6.07) is 9.00. The molecule has 1 fully saturated rings. The van der Waals surface area contributed by atoms with Gasteiger partial charge < -0.3 is 5.73 Å². The summed E-state index contributed by atoms with van der Waals surface area (Å²) in [7, 11) is 0. The third-order valence-corrected chi connectivity index (χ3v) is 3.44. The zero-order chi connectivity index (χ0) is 14.8. The largest absolute Gasteiger partial charge is 0.401 e. The van der Waals surface area contributed by atoms with Crippen molar-refractivity contribution in [3.63, 3.8) is 0 Å². The van der Waals surface area contributed by atoms with E-state index in [-0.39, 0.29) is 18.4 Å². The molecule has 6 heteroatoms. The Hall–Kier alpha value is -1.56. The van der Waals surface area contributed by atoms with Gasteiger partial charge in [0.2, 0.25) is 0 Å². The molecule has 110 valence electrons. The van der Waals surface area contributed by atoms with Gasteiger partial charge in [0.05, 0.1) is 18.3 Å². The highest BCUT2D eigenvalue weighted by molar-refractivity contribution is 5.84. The first kappa shape index (κ1) is 14.8. The molecule has 3 N–H and O–H groups in total. The van der Waals surface area contributed by atoms with Crippen LogP contribution in [0.3, 0.4) is 0 Å². The van der Waals surface area contributed by atoms with Crippen molar-refractivity contribution in [2.75, 3.05) is 13.1 Å². The average Bonchev–Trinajstić information content (AvgIpc) is 3.17. The van der Waals surface area contributed by atoms with Gasteiger partial charge in [0.25, 0.3) is 0 Å². The van der Waals surface area contributed by atoms with Gasteiger partial charge >= 0.3 is 6.18 Å². The van der Waals surface area contributed by atoms with Crippen LogP contribution < -0.4 is 5.73 Å². The standard InChI is InChI=1S/C14H18F3N3/c15-14(16,17)9-20(11-6-7-11)8-12(13(18)19)10-4-2-1-3-5-10/h1-5,11-12H,6-9H2,(H3,18,19). The van der Waals surface area contributed by atoms with Crippen molar-refractivity contribution in [3.05, 3.63) is 35.9 Å². The van der Waals surface area contributed by atoms with E-state index in [0.717, 1.165) is 18.4 Å². The lowest BCUT2D eigenvalue weighted by atomic mass is 9.97. The molecule has 0 aromatic heterocycles. The summed E-state index contributed by atoms with van der Waals surface area (Å²) >= 11 is 0. The Bertz CT molecular complexity index is 454. The Balaban J connectivity index is 2.11.